The van der Waals surface area contributed by atoms with Crippen LogP contribution in [0.1, 0.15) is 22.9 Å². The summed E-state index contributed by atoms with van der Waals surface area (Å²) in [6.07, 6.45) is -3.20. The van der Waals surface area contributed by atoms with E-state index in [9.17, 15) is 17.6 Å². The van der Waals surface area contributed by atoms with Crippen molar-refractivity contribution in [3.63, 3.8) is 0 Å². The molecule has 2 heterocycles. The molecule has 0 saturated carbocycles. The molecule has 1 saturated heterocycles. The van der Waals surface area contributed by atoms with Crippen molar-refractivity contribution in [3.05, 3.63) is 53.1 Å². The number of rotatable bonds is 3. The summed E-state index contributed by atoms with van der Waals surface area (Å²) in [5.74, 6) is -0.351. The van der Waals surface area contributed by atoms with E-state index in [1.165, 1.54) is 25.4 Å². The molecule has 1 aromatic carbocycles. The van der Waals surface area contributed by atoms with E-state index in [2.05, 4.69) is 10.4 Å². The molecule has 0 bridgehead atoms. The Hall–Kier alpha value is -1.93. The van der Waals surface area contributed by atoms with Gasteiger partial charge in [0.15, 0.2) is 0 Å². The number of aryl methyl sites for hydroxylation is 1. The van der Waals surface area contributed by atoms with Crippen molar-refractivity contribution in [2.75, 3.05) is 19.6 Å². The molecule has 8 heteroatoms. The number of nitrogens with one attached hydrogen (secondary N) is 1. The van der Waals surface area contributed by atoms with Crippen LogP contribution in [0, 0.1) is 5.82 Å². The molecule has 130 valence electrons. The van der Waals surface area contributed by atoms with Crippen molar-refractivity contribution in [1.82, 2.24) is 20.0 Å². The lowest BCUT2D eigenvalue weighted by atomic mass is 10.0. The zero-order valence-electron chi connectivity index (χ0n) is 13.1. The second kappa shape index (κ2) is 6.52. The van der Waals surface area contributed by atoms with Gasteiger partial charge in [0.25, 0.3) is 0 Å². The Morgan fingerprint density at radius 3 is 2.83 bits per heavy atom. The Balaban J connectivity index is 1.88. The highest BCUT2D eigenvalue weighted by Crippen LogP contribution is 2.33. The molecular weight excluding hydrogens is 324 g/mol. The number of piperazine rings is 1. The summed E-state index contributed by atoms with van der Waals surface area (Å²) in [7, 11) is 1.29. The van der Waals surface area contributed by atoms with E-state index in [0.29, 0.717) is 19.6 Å². The largest absolute Gasteiger partial charge is 0.433 e. The van der Waals surface area contributed by atoms with E-state index in [-0.39, 0.29) is 24.0 Å². The minimum Gasteiger partial charge on any atom is -0.314 e. The molecule has 1 aliphatic rings. The summed E-state index contributed by atoms with van der Waals surface area (Å²) in [6.45, 7) is 1.93. The molecule has 2 aromatic rings. The molecule has 0 amide bonds. The third kappa shape index (κ3) is 3.44. The van der Waals surface area contributed by atoms with Crippen LogP contribution in [-0.4, -0.2) is 34.3 Å². The predicted octanol–water partition coefficient (Wildman–Crippen LogP) is 2.72. The fraction of sp³-hybridized carbons (Fsp3) is 0.438. The Kier molecular flexibility index (Phi) is 4.60. The van der Waals surface area contributed by atoms with E-state index in [0.717, 1.165) is 10.2 Å². The van der Waals surface area contributed by atoms with Crippen molar-refractivity contribution in [1.29, 1.82) is 0 Å². The lowest BCUT2D eigenvalue weighted by molar-refractivity contribution is -0.144. The van der Waals surface area contributed by atoms with Crippen LogP contribution in [0.4, 0.5) is 17.6 Å². The molecule has 1 N–H and O–H groups in total. The van der Waals surface area contributed by atoms with Gasteiger partial charge in [-0.15, -0.1) is 0 Å². The molecule has 0 aliphatic carbocycles. The normalized spacial score (nSPS) is 19.6. The number of hydrogen-bond donors (Lipinski definition) is 1. The van der Waals surface area contributed by atoms with E-state index in [1.54, 1.807) is 12.1 Å². The number of hydrogen-bond acceptors (Lipinski definition) is 3. The maximum atomic E-state index is 13.5. The molecule has 1 fully saturated rings. The standard InChI is InChI=1S/C16H18F4N4/c1-23-15(16(18,19)20)12(8-22-23)10-24-6-5-21-9-14(24)11-3-2-4-13(17)7-11/h2-4,7-8,14,21H,5-6,9-10H2,1H3. The topological polar surface area (TPSA) is 33.1 Å². The van der Waals surface area contributed by atoms with Crippen LogP contribution in [-0.2, 0) is 19.8 Å². The fourth-order valence-corrected chi connectivity index (χ4v) is 3.16. The van der Waals surface area contributed by atoms with Gasteiger partial charge in [-0.2, -0.15) is 18.3 Å². The Morgan fingerprint density at radius 2 is 2.12 bits per heavy atom. The van der Waals surface area contributed by atoms with E-state index in [1.807, 2.05) is 4.90 Å². The first-order valence-electron chi connectivity index (χ1n) is 7.64. The Morgan fingerprint density at radius 1 is 1.33 bits per heavy atom. The minimum absolute atomic E-state index is 0.117. The van der Waals surface area contributed by atoms with Gasteiger partial charge >= 0.3 is 6.18 Å². The summed E-state index contributed by atoms with van der Waals surface area (Å²) in [5.41, 5.74) is 0.145. The van der Waals surface area contributed by atoms with Gasteiger partial charge in [-0.1, -0.05) is 12.1 Å². The highest BCUT2D eigenvalue weighted by Gasteiger charge is 2.38. The van der Waals surface area contributed by atoms with Gasteiger partial charge in [-0.25, -0.2) is 4.39 Å². The molecule has 3 rings (SSSR count). The van der Waals surface area contributed by atoms with E-state index in [4.69, 9.17) is 0 Å². The van der Waals surface area contributed by atoms with Gasteiger partial charge in [-0.3, -0.25) is 9.58 Å². The SMILES string of the molecule is Cn1ncc(CN2CCNCC2c2cccc(F)c2)c1C(F)(F)F. The second-order valence-electron chi connectivity index (χ2n) is 5.89. The first-order valence-corrected chi connectivity index (χ1v) is 7.64. The molecule has 1 unspecified atom stereocenters. The molecule has 1 atom stereocenters. The molecular formula is C16H18F4N4. The van der Waals surface area contributed by atoms with Gasteiger partial charge in [0.2, 0.25) is 0 Å². The Bertz CT molecular complexity index is 710. The zero-order chi connectivity index (χ0) is 17.3. The summed E-state index contributed by atoms with van der Waals surface area (Å²) < 4.78 is 54.0. The van der Waals surface area contributed by atoms with E-state index >= 15 is 0 Å². The van der Waals surface area contributed by atoms with Crippen molar-refractivity contribution >= 4 is 0 Å². The van der Waals surface area contributed by atoms with Crippen molar-refractivity contribution in [3.8, 4) is 0 Å². The molecule has 1 aliphatic heterocycles. The van der Waals surface area contributed by atoms with Crippen LogP contribution in [0.3, 0.4) is 0 Å². The average Bonchev–Trinajstić information content (AvgIpc) is 2.88. The first kappa shape index (κ1) is 16.9. The molecule has 4 nitrogen and oxygen atoms in total. The van der Waals surface area contributed by atoms with Crippen LogP contribution in [0.2, 0.25) is 0 Å². The monoisotopic (exact) mass is 342 g/mol. The number of halogens is 4. The van der Waals surface area contributed by atoms with Crippen LogP contribution >= 0.6 is 0 Å². The van der Waals surface area contributed by atoms with Gasteiger partial charge in [-0.05, 0) is 17.7 Å². The highest BCUT2D eigenvalue weighted by molar-refractivity contribution is 5.24. The summed E-state index contributed by atoms with van der Waals surface area (Å²) in [6, 6.07) is 6.01. The summed E-state index contributed by atoms with van der Waals surface area (Å²) >= 11 is 0. The number of benzene rings is 1. The van der Waals surface area contributed by atoms with Crippen LogP contribution < -0.4 is 5.32 Å². The number of nitrogens with zero attached hydrogens (tertiary/aromatic N) is 3. The van der Waals surface area contributed by atoms with Crippen LogP contribution in [0.15, 0.2) is 30.5 Å². The lowest BCUT2D eigenvalue weighted by Crippen LogP contribution is -2.45. The van der Waals surface area contributed by atoms with Gasteiger partial charge in [0.1, 0.15) is 11.5 Å². The predicted molar refractivity (Wildman–Crippen MR) is 80.6 cm³/mol. The molecule has 24 heavy (non-hydrogen) atoms. The molecule has 0 spiro atoms. The quantitative estimate of drug-likeness (QED) is 0.871. The maximum absolute atomic E-state index is 13.5. The second-order valence-corrected chi connectivity index (χ2v) is 5.89. The van der Waals surface area contributed by atoms with Crippen LogP contribution in [0.5, 0.6) is 0 Å². The fourth-order valence-electron chi connectivity index (χ4n) is 3.16. The van der Waals surface area contributed by atoms with Crippen LogP contribution in [0.25, 0.3) is 0 Å². The number of aromatic nitrogens is 2. The first-order chi connectivity index (χ1) is 11.4. The van der Waals surface area contributed by atoms with Gasteiger partial charge < -0.3 is 5.32 Å². The van der Waals surface area contributed by atoms with Crippen molar-refractivity contribution in [2.24, 2.45) is 7.05 Å². The van der Waals surface area contributed by atoms with Crippen molar-refractivity contribution in [2.45, 2.75) is 18.8 Å². The van der Waals surface area contributed by atoms with Crippen molar-refractivity contribution < 1.29 is 17.6 Å². The third-order valence-electron chi connectivity index (χ3n) is 4.24. The highest BCUT2D eigenvalue weighted by atomic mass is 19.4. The summed E-state index contributed by atoms with van der Waals surface area (Å²) in [5, 5.41) is 6.97. The van der Waals surface area contributed by atoms with E-state index < -0.39 is 11.9 Å². The average molecular weight is 342 g/mol. The van der Waals surface area contributed by atoms with Gasteiger partial charge in [0.05, 0.1) is 6.20 Å². The maximum Gasteiger partial charge on any atom is 0.433 e. The molecule has 0 radical (unpaired) electrons. The lowest BCUT2D eigenvalue weighted by Gasteiger charge is -2.36. The number of alkyl halides is 3. The van der Waals surface area contributed by atoms with Gasteiger partial charge in [0, 0.05) is 44.8 Å². The zero-order valence-corrected chi connectivity index (χ0v) is 13.1. The smallest absolute Gasteiger partial charge is 0.314 e. The third-order valence-corrected chi connectivity index (χ3v) is 4.24. The minimum atomic E-state index is -4.46. The Labute approximate surface area is 137 Å². The molecule has 1 aromatic heterocycles. The summed E-state index contributed by atoms with van der Waals surface area (Å²) in [4.78, 5) is 1.93.